The Balaban J connectivity index is 1.98. The highest BCUT2D eigenvalue weighted by molar-refractivity contribution is 9.10. The van der Waals surface area contributed by atoms with Crippen LogP contribution >= 0.6 is 15.9 Å². The normalized spacial score (nSPS) is 12.5. The van der Waals surface area contributed by atoms with Crippen molar-refractivity contribution in [1.29, 1.82) is 0 Å². The second-order valence-electron chi connectivity index (χ2n) is 4.71. The van der Waals surface area contributed by atoms with Gasteiger partial charge in [0.25, 0.3) is 0 Å². The molecule has 3 aromatic rings. The smallest absolute Gasteiger partial charge is 0.148 e. The fourth-order valence-corrected chi connectivity index (χ4v) is 2.75. The molecule has 0 saturated heterocycles. The number of para-hydroxylation sites is 1. The molecule has 3 rings (SSSR count). The number of halogens is 1. The van der Waals surface area contributed by atoms with E-state index in [1.54, 1.807) is 0 Å². The summed E-state index contributed by atoms with van der Waals surface area (Å²) in [6, 6.07) is 15.1. The van der Waals surface area contributed by atoms with Gasteiger partial charge < -0.3 is 14.3 Å². The molecule has 0 spiro atoms. The highest BCUT2D eigenvalue weighted by Crippen LogP contribution is 2.32. The van der Waals surface area contributed by atoms with Crippen LogP contribution in [0.3, 0.4) is 0 Å². The zero-order chi connectivity index (χ0) is 14.8. The fraction of sp³-hybridized carbons (Fsp3) is 0.176. The summed E-state index contributed by atoms with van der Waals surface area (Å²) in [6.07, 6.45) is -0.815. The summed E-state index contributed by atoms with van der Waals surface area (Å²) in [4.78, 5) is 0. The van der Waals surface area contributed by atoms with E-state index in [2.05, 4.69) is 15.9 Å². The van der Waals surface area contributed by atoms with Gasteiger partial charge in [-0.3, -0.25) is 0 Å². The van der Waals surface area contributed by atoms with Gasteiger partial charge in [-0.15, -0.1) is 0 Å². The van der Waals surface area contributed by atoms with E-state index in [4.69, 9.17) is 9.15 Å². The van der Waals surface area contributed by atoms with Crippen LogP contribution in [0.15, 0.2) is 57.4 Å². The van der Waals surface area contributed by atoms with Crippen molar-refractivity contribution in [3.05, 3.63) is 64.3 Å². The molecule has 0 saturated carbocycles. The van der Waals surface area contributed by atoms with Crippen LogP contribution in [0.4, 0.5) is 0 Å². The molecule has 108 valence electrons. The Morgan fingerprint density at radius 1 is 1.19 bits per heavy atom. The van der Waals surface area contributed by atoms with Gasteiger partial charge in [0, 0.05) is 5.39 Å². The Morgan fingerprint density at radius 2 is 2.00 bits per heavy atom. The van der Waals surface area contributed by atoms with Gasteiger partial charge in [-0.05, 0) is 52.7 Å². The molecule has 0 aliphatic heterocycles. The van der Waals surface area contributed by atoms with E-state index in [0.717, 1.165) is 26.8 Å². The summed E-state index contributed by atoms with van der Waals surface area (Å²) in [5, 5.41) is 11.5. The molecule has 0 aliphatic carbocycles. The van der Waals surface area contributed by atoms with Crippen molar-refractivity contribution < 1.29 is 14.3 Å². The number of hydrogen-bond donors (Lipinski definition) is 1. The zero-order valence-electron chi connectivity index (χ0n) is 11.5. The lowest BCUT2D eigenvalue weighted by Crippen LogP contribution is -1.99. The van der Waals surface area contributed by atoms with E-state index < -0.39 is 6.10 Å². The van der Waals surface area contributed by atoms with Crippen molar-refractivity contribution in [2.45, 2.75) is 13.0 Å². The molecular weight excluding hydrogens is 332 g/mol. The molecule has 1 heterocycles. The Labute approximate surface area is 131 Å². The molecule has 1 aromatic heterocycles. The molecule has 0 bridgehead atoms. The molecule has 1 unspecified atom stereocenters. The van der Waals surface area contributed by atoms with E-state index in [-0.39, 0.29) is 0 Å². The standard InChI is InChI=1S/C17H15BrO3/c1-2-20-13-7-3-5-11(9-13)16(19)15-10-12-6-4-8-14(18)17(12)21-15/h3-10,16,19H,2H2,1H3. The molecule has 0 fully saturated rings. The molecular formula is C17H15BrO3. The monoisotopic (exact) mass is 346 g/mol. The number of ether oxygens (including phenoxy) is 1. The van der Waals surface area contributed by atoms with Gasteiger partial charge >= 0.3 is 0 Å². The summed E-state index contributed by atoms with van der Waals surface area (Å²) in [5.74, 6) is 1.26. The first kappa shape index (κ1) is 14.2. The maximum Gasteiger partial charge on any atom is 0.148 e. The Kier molecular flexibility index (Phi) is 3.99. The van der Waals surface area contributed by atoms with Crippen LogP contribution in [0.25, 0.3) is 11.0 Å². The Morgan fingerprint density at radius 3 is 2.76 bits per heavy atom. The third-order valence-electron chi connectivity index (χ3n) is 3.27. The van der Waals surface area contributed by atoms with E-state index >= 15 is 0 Å². The van der Waals surface area contributed by atoms with E-state index in [0.29, 0.717) is 12.4 Å². The molecule has 3 nitrogen and oxygen atoms in total. The predicted octanol–water partition coefficient (Wildman–Crippen LogP) is 4.68. The van der Waals surface area contributed by atoms with Gasteiger partial charge in [-0.2, -0.15) is 0 Å². The number of aliphatic hydroxyl groups is 1. The van der Waals surface area contributed by atoms with Crippen LogP contribution in [0, 0.1) is 0 Å². The van der Waals surface area contributed by atoms with Crippen molar-refractivity contribution in [2.75, 3.05) is 6.61 Å². The van der Waals surface area contributed by atoms with Crippen LogP contribution in [0.5, 0.6) is 5.75 Å². The SMILES string of the molecule is CCOc1cccc(C(O)c2cc3cccc(Br)c3o2)c1. The highest BCUT2D eigenvalue weighted by atomic mass is 79.9. The quantitative estimate of drug-likeness (QED) is 0.745. The minimum Gasteiger partial charge on any atom is -0.494 e. The Hall–Kier alpha value is -1.78. The molecule has 1 atom stereocenters. The molecule has 21 heavy (non-hydrogen) atoms. The summed E-state index contributed by atoms with van der Waals surface area (Å²) in [5.41, 5.74) is 1.49. The van der Waals surface area contributed by atoms with E-state index in [1.807, 2.05) is 55.5 Å². The second-order valence-corrected chi connectivity index (χ2v) is 5.57. The zero-order valence-corrected chi connectivity index (χ0v) is 13.1. The van der Waals surface area contributed by atoms with Crippen molar-refractivity contribution in [3.63, 3.8) is 0 Å². The molecule has 4 heteroatoms. The van der Waals surface area contributed by atoms with Gasteiger partial charge in [0.15, 0.2) is 0 Å². The number of fused-ring (bicyclic) bond motifs is 1. The van der Waals surface area contributed by atoms with Crippen molar-refractivity contribution in [2.24, 2.45) is 0 Å². The Bertz CT molecular complexity index is 764. The molecule has 0 radical (unpaired) electrons. The minimum absolute atomic E-state index is 0.519. The van der Waals surface area contributed by atoms with E-state index in [1.165, 1.54) is 0 Å². The maximum absolute atomic E-state index is 10.5. The summed E-state index contributed by atoms with van der Waals surface area (Å²) in [7, 11) is 0. The van der Waals surface area contributed by atoms with Gasteiger partial charge in [-0.1, -0.05) is 24.3 Å². The summed E-state index contributed by atoms with van der Waals surface area (Å²) >= 11 is 3.45. The largest absolute Gasteiger partial charge is 0.494 e. The second kappa shape index (κ2) is 5.92. The first-order chi connectivity index (χ1) is 10.2. The third kappa shape index (κ3) is 2.82. The van der Waals surface area contributed by atoms with Gasteiger partial charge in [0.05, 0.1) is 11.1 Å². The molecule has 0 amide bonds. The lowest BCUT2D eigenvalue weighted by Gasteiger charge is -2.10. The van der Waals surface area contributed by atoms with Crippen molar-refractivity contribution in [3.8, 4) is 5.75 Å². The van der Waals surface area contributed by atoms with Crippen molar-refractivity contribution in [1.82, 2.24) is 0 Å². The number of furan rings is 1. The van der Waals surface area contributed by atoms with Crippen LogP contribution in [-0.2, 0) is 0 Å². The topological polar surface area (TPSA) is 42.6 Å². The summed E-state index contributed by atoms with van der Waals surface area (Å²) in [6.45, 7) is 2.52. The van der Waals surface area contributed by atoms with Crippen molar-refractivity contribution >= 4 is 26.9 Å². The number of hydrogen-bond acceptors (Lipinski definition) is 3. The van der Waals surface area contributed by atoms with Crippen LogP contribution in [-0.4, -0.2) is 11.7 Å². The van der Waals surface area contributed by atoms with Gasteiger partial charge in [0.1, 0.15) is 23.2 Å². The maximum atomic E-state index is 10.5. The number of aliphatic hydroxyl groups excluding tert-OH is 1. The third-order valence-corrected chi connectivity index (χ3v) is 3.89. The average molecular weight is 347 g/mol. The minimum atomic E-state index is -0.815. The highest BCUT2D eigenvalue weighted by Gasteiger charge is 2.17. The number of rotatable bonds is 4. The predicted molar refractivity (Wildman–Crippen MR) is 85.6 cm³/mol. The number of benzene rings is 2. The lowest BCUT2D eigenvalue weighted by molar-refractivity contribution is 0.191. The first-order valence-electron chi connectivity index (χ1n) is 6.78. The molecule has 2 aromatic carbocycles. The van der Waals surface area contributed by atoms with E-state index in [9.17, 15) is 5.11 Å². The van der Waals surface area contributed by atoms with Gasteiger partial charge in [0.2, 0.25) is 0 Å². The van der Waals surface area contributed by atoms with Gasteiger partial charge in [-0.25, -0.2) is 0 Å². The van der Waals surface area contributed by atoms with Crippen LogP contribution < -0.4 is 4.74 Å². The first-order valence-corrected chi connectivity index (χ1v) is 7.57. The average Bonchev–Trinajstić information content (AvgIpc) is 2.93. The molecule has 1 N–H and O–H groups in total. The fourth-order valence-electron chi connectivity index (χ4n) is 2.29. The van der Waals surface area contributed by atoms with Crippen LogP contribution in [0.2, 0.25) is 0 Å². The van der Waals surface area contributed by atoms with Crippen LogP contribution in [0.1, 0.15) is 24.4 Å². The summed E-state index contributed by atoms with van der Waals surface area (Å²) < 4.78 is 12.1. The molecule has 0 aliphatic rings. The lowest BCUT2D eigenvalue weighted by atomic mass is 10.1.